The van der Waals surface area contributed by atoms with Crippen molar-refractivity contribution in [3.05, 3.63) is 35.1 Å². The van der Waals surface area contributed by atoms with Gasteiger partial charge in [-0.1, -0.05) is 36.8 Å². The van der Waals surface area contributed by atoms with Crippen LogP contribution in [0, 0.1) is 4.77 Å². The number of hydrogen-bond donors (Lipinski definition) is 1. The molecule has 1 fully saturated rings. The molecule has 1 saturated carbocycles. The van der Waals surface area contributed by atoms with Gasteiger partial charge in [0.1, 0.15) is 0 Å². The molecule has 0 aliphatic heterocycles. The number of nitrogens with one attached hydrogen (secondary N) is 1. The Morgan fingerprint density at radius 3 is 2.84 bits per heavy atom. The number of benzene rings is 1. The second-order valence-corrected chi connectivity index (χ2v) is 6.32. The number of rotatable bonds is 3. The maximum Gasteiger partial charge on any atom is 0.195 e. The molecular formula is C14H17N3S2. The summed E-state index contributed by atoms with van der Waals surface area (Å²) in [6, 6.07) is 10.7. The highest BCUT2D eigenvalue weighted by Crippen LogP contribution is 2.39. The molecule has 0 bridgehead atoms. The van der Waals surface area contributed by atoms with Crippen LogP contribution in [-0.2, 0) is 0 Å². The highest BCUT2D eigenvalue weighted by atomic mass is 32.2. The summed E-state index contributed by atoms with van der Waals surface area (Å²) in [6.07, 6.45) is 5.93. The first-order chi connectivity index (χ1) is 9.31. The Morgan fingerprint density at radius 2 is 2.11 bits per heavy atom. The van der Waals surface area contributed by atoms with Crippen molar-refractivity contribution >= 4 is 24.0 Å². The van der Waals surface area contributed by atoms with Gasteiger partial charge in [-0.05, 0) is 31.3 Å². The van der Waals surface area contributed by atoms with Gasteiger partial charge in [0.25, 0.3) is 0 Å². The number of H-pyrrole nitrogens is 1. The predicted molar refractivity (Wildman–Crippen MR) is 83.0 cm³/mol. The summed E-state index contributed by atoms with van der Waals surface area (Å²) in [7, 11) is 0. The highest BCUT2D eigenvalue weighted by Gasteiger charge is 2.30. The van der Waals surface area contributed by atoms with E-state index in [9.17, 15) is 0 Å². The lowest BCUT2D eigenvalue weighted by Gasteiger charge is -2.20. The standard InChI is InChI=1S/C14H17N3S2/c1-19-12-9-5-8-11(12)17-13(15-16-14(17)18)10-6-3-2-4-7-10/h2-4,6-7,11-12H,5,8-9H2,1H3,(H,16,18). The van der Waals surface area contributed by atoms with Crippen LogP contribution in [0.15, 0.2) is 30.3 Å². The van der Waals surface area contributed by atoms with Gasteiger partial charge in [0.05, 0.1) is 0 Å². The van der Waals surface area contributed by atoms with Crippen molar-refractivity contribution in [2.45, 2.75) is 30.6 Å². The van der Waals surface area contributed by atoms with E-state index in [0.717, 1.165) is 16.2 Å². The number of hydrogen-bond acceptors (Lipinski definition) is 3. The molecule has 3 rings (SSSR count). The summed E-state index contributed by atoms with van der Waals surface area (Å²) < 4.78 is 2.96. The van der Waals surface area contributed by atoms with Gasteiger partial charge in [-0.15, -0.1) is 0 Å². The Hall–Kier alpha value is -1.07. The fourth-order valence-corrected chi connectivity index (χ4v) is 4.12. The van der Waals surface area contributed by atoms with E-state index in [-0.39, 0.29) is 0 Å². The molecule has 1 aromatic carbocycles. The first-order valence-corrected chi connectivity index (χ1v) is 8.26. The van der Waals surface area contributed by atoms with E-state index in [1.807, 2.05) is 30.0 Å². The van der Waals surface area contributed by atoms with E-state index in [0.29, 0.717) is 11.3 Å². The molecule has 5 heteroatoms. The summed E-state index contributed by atoms with van der Waals surface area (Å²) in [4.78, 5) is 0. The second kappa shape index (κ2) is 5.51. The Kier molecular flexibility index (Phi) is 3.75. The molecule has 0 amide bonds. The first-order valence-electron chi connectivity index (χ1n) is 6.56. The van der Waals surface area contributed by atoms with Crippen LogP contribution >= 0.6 is 24.0 Å². The summed E-state index contributed by atoms with van der Waals surface area (Å²) >= 11 is 7.39. The van der Waals surface area contributed by atoms with Crippen LogP contribution < -0.4 is 0 Å². The Morgan fingerprint density at radius 1 is 1.32 bits per heavy atom. The van der Waals surface area contributed by atoms with E-state index in [1.165, 1.54) is 19.3 Å². The van der Waals surface area contributed by atoms with Crippen LogP contribution in [0.4, 0.5) is 0 Å². The molecule has 100 valence electrons. The van der Waals surface area contributed by atoms with E-state index < -0.39 is 0 Å². The van der Waals surface area contributed by atoms with E-state index >= 15 is 0 Å². The Bertz CT molecular complexity index is 603. The summed E-state index contributed by atoms with van der Waals surface area (Å²) in [5.74, 6) is 0.969. The number of nitrogens with zero attached hydrogens (tertiary/aromatic N) is 2. The Labute approximate surface area is 122 Å². The van der Waals surface area contributed by atoms with Crippen LogP contribution in [0.5, 0.6) is 0 Å². The zero-order valence-corrected chi connectivity index (χ0v) is 12.5. The van der Waals surface area contributed by atoms with Crippen molar-refractivity contribution in [2.24, 2.45) is 0 Å². The minimum atomic E-state index is 0.469. The minimum Gasteiger partial charge on any atom is -0.296 e. The Balaban J connectivity index is 2.07. The van der Waals surface area contributed by atoms with Crippen LogP contribution in [0.1, 0.15) is 25.3 Å². The fraction of sp³-hybridized carbons (Fsp3) is 0.429. The topological polar surface area (TPSA) is 33.6 Å². The second-order valence-electron chi connectivity index (χ2n) is 4.86. The third-order valence-electron chi connectivity index (χ3n) is 3.79. The van der Waals surface area contributed by atoms with E-state index in [2.05, 4.69) is 33.2 Å². The molecule has 1 aromatic heterocycles. The van der Waals surface area contributed by atoms with Gasteiger partial charge in [0.15, 0.2) is 10.6 Å². The summed E-state index contributed by atoms with van der Waals surface area (Å²) in [5.41, 5.74) is 1.13. The molecule has 2 unspecified atom stereocenters. The highest BCUT2D eigenvalue weighted by molar-refractivity contribution is 7.99. The lowest BCUT2D eigenvalue weighted by atomic mass is 10.2. The van der Waals surface area contributed by atoms with Gasteiger partial charge in [-0.25, -0.2) is 0 Å². The van der Waals surface area contributed by atoms with Crippen molar-refractivity contribution < 1.29 is 0 Å². The lowest BCUT2D eigenvalue weighted by Crippen LogP contribution is -2.17. The molecule has 0 radical (unpaired) electrons. The third-order valence-corrected chi connectivity index (χ3v) is 5.23. The SMILES string of the molecule is CSC1CCCC1n1c(-c2ccccc2)n[nH]c1=S. The van der Waals surface area contributed by atoms with E-state index in [4.69, 9.17) is 12.2 Å². The van der Waals surface area contributed by atoms with E-state index in [1.54, 1.807) is 0 Å². The molecule has 2 atom stereocenters. The largest absolute Gasteiger partial charge is 0.296 e. The number of aromatic nitrogens is 3. The summed E-state index contributed by atoms with van der Waals surface area (Å²) in [6.45, 7) is 0. The fourth-order valence-electron chi connectivity index (χ4n) is 2.88. The van der Waals surface area contributed by atoms with Gasteiger partial charge >= 0.3 is 0 Å². The quantitative estimate of drug-likeness (QED) is 0.866. The maximum absolute atomic E-state index is 5.45. The average Bonchev–Trinajstić information content (AvgIpc) is 3.05. The smallest absolute Gasteiger partial charge is 0.195 e. The van der Waals surface area contributed by atoms with Crippen molar-refractivity contribution in [3.8, 4) is 11.4 Å². The zero-order chi connectivity index (χ0) is 13.2. The monoisotopic (exact) mass is 291 g/mol. The van der Waals surface area contributed by atoms with Crippen molar-refractivity contribution in [1.29, 1.82) is 0 Å². The molecule has 0 spiro atoms. The van der Waals surface area contributed by atoms with Gasteiger partial charge in [-0.2, -0.15) is 16.9 Å². The maximum atomic E-state index is 5.45. The molecule has 19 heavy (non-hydrogen) atoms. The molecule has 3 nitrogen and oxygen atoms in total. The first kappa shape index (κ1) is 12.9. The van der Waals surface area contributed by atoms with Crippen LogP contribution in [-0.4, -0.2) is 26.3 Å². The molecule has 1 aliphatic rings. The number of thioether (sulfide) groups is 1. The normalized spacial score (nSPS) is 22.8. The minimum absolute atomic E-state index is 0.469. The lowest BCUT2D eigenvalue weighted by molar-refractivity contribution is 0.526. The molecule has 2 aromatic rings. The van der Waals surface area contributed by atoms with Gasteiger partial charge in [-0.3, -0.25) is 9.67 Å². The zero-order valence-electron chi connectivity index (χ0n) is 10.9. The van der Waals surface area contributed by atoms with Crippen LogP contribution in [0.3, 0.4) is 0 Å². The summed E-state index contributed by atoms with van der Waals surface area (Å²) in [5, 5.41) is 8.04. The van der Waals surface area contributed by atoms with Crippen molar-refractivity contribution in [1.82, 2.24) is 14.8 Å². The molecular weight excluding hydrogens is 274 g/mol. The van der Waals surface area contributed by atoms with Gasteiger partial charge in [0, 0.05) is 16.9 Å². The third kappa shape index (κ3) is 2.37. The van der Waals surface area contributed by atoms with Gasteiger partial charge < -0.3 is 0 Å². The number of aromatic amines is 1. The average molecular weight is 291 g/mol. The molecule has 1 N–H and O–H groups in total. The van der Waals surface area contributed by atoms with Crippen molar-refractivity contribution in [3.63, 3.8) is 0 Å². The molecule has 1 aliphatic carbocycles. The van der Waals surface area contributed by atoms with Crippen LogP contribution in [0.2, 0.25) is 0 Å². The molecule has 1 heterocycles. The van der Waals surface area contributed by atoms with Gasteiger partial charge in [0.2, 0.25) is 0 Å². The predicted octanol–water partition coefficient (Wildman–Crippen LogP) is 4.06. The molecule has 0 saturated heterocycles. The van der Waals surface area contributed by atoms with Crippen molar-refractivity contribution in [2.75, 3.05) is 6.26 Å². The van der Waals surface area contributed by atoms with Crippen LogP contribution in [0.25, 0.3) is 11.4 Å².